The molecule has 0 amide bonds. The summed E-state index contributed by atoms with van der Waals surface area (Å²) < 4.78 is 4.66. The van der Waals surface area contributed by atoms with Crippen LogP contribution >= 0.6 is 0 Å². The van der Waals surface area contributed by atoms with Gasteiger partial charge in [0, 0.05) is 5.57 Å². The van der Waals surface area contributed by atoms with Gasteiger partial charge in [-0.3, -0.25) is 0 Å². The van der Waals surface area contributed by atoms with E-state index in [0.29, 0.717) is 5.57 Å². The molecule has 0 N–H and O–H groups in total. The van der Waals surface area contributed by atoms with Crippen molar-refractivity contribution in [2.24, 2.45) is 0 Å². The number of esters is 1. The molecule has 1 rings (SSSR count). The second kappa shape index (κ2) is 4.61. The Labute approximate surface area is 84.2 Å². The Bertz CT molecular complexity index is 350. The molecule has 1 aromatic rings. The molecular formula is C12H14O2. The monoisotopic (exact) mass is 190 g/mol. The summed E-state index contributed by atoms with van der Waals surface area (Å²) in [5, 5.41) is 0. The maximum Gasteiger partial charge on any atom is 0.333 e. The Hall–Kier alpha value is -1.57. The van der Waals surface area contributed by atoms with Crippen molar-refractivity contribution in [2.75, 3.05) is 7.11 Å². The van der Waals surface area contributed by atoms with Crippen molar-refractivity contribution < 1.29 is 9.53 Å². The highest BCUT2D eigenvalue weighted by atomic mass is 16.5. The summed E-state index contributed by atoms with van der Waals surface area (Å²) in [6.07, 6.45) is 0. The smallest absolute Gasteiger partial charge is 0.333 e. The van der Waals surface area contributed by atoms with Gasteiger partial charge in [-0.1, -0.05) is 30.3 Å². The molecule has 0 aliphatic heterocycles. The number of hydrogen-bond acceptors (Lipinski definition) is 2. The van der Waals surface area contributed by atoms with Gasteiger partial charge in [-0.05, 0) is 25.0 Å². The summed E-state index contributed by atoms with van der Waals surface area (Å²) in [4.78, 5) is 11.2. The van der Waals surface area contributed by atoms with E-state index in [1.165, 1.54) is 7.11 Å². The number of allylic oxidation sites excluding steroid dienone is 1. The van der Waals surface area contributed by atoms with Crippen LogP contribution in [0, 0.1) is 0 Å². The molecule has 1 aromatic carbocycles. The van der Waals surface area contributed by atoms with E-state index in [2.05, 4.69) is 4.74 Å². The standard InChI is InChI=1S/C12H14O2/c1-9(10(2)12(13)14-3)11-7-5-4-6-8-11/h4-8H,1-3H3/b10-9+. The van der Waals surface area contributed by atoms with Crippen LogP contribution < -0.4 is 0 Å². The van der Waals surface area contributed by atoms with Gasteiger partial charge in [0.05, 0.1) is 7.11 Å². The maximum atomic E-state index is 11.2. The first-order valence-corrected chi connectivity index (χ1v) is 4.48. The molecule has 0 aliphatic rings. The van der Waals surface area contributed by atoms with Gasteiger partial charge in [-0.2, -0.15) is 0 Å². The Morgan fingerprint density at radius 3 is 2.21 bits per heavy atom. The first-order chi connectivity index (χ1) is 6.66. The summed E-state index contributed by atoms with van der Waals surface area (Å²) in [5.74, 6) is -0.272. The summed E-state index contributed by atoms with van der Waals surface area (Å²) in [7, 11) is 1.39. The minimum atomic E-state index is -0.272. The van der Waals surface area contributed by atoms with E-state index in [9.17, 15) is 4.79 Å². The first-order valence-electron chi connectivity index (χ1n) is 4.48. The number of ether oxygens (including phenoxy) is 1. The predicted molar refractivity (Wildman–Crippen MR) is 56.7 cm³/mol. The average molecular weight is 190 g/mol. The summed E-state index contributed by atoms with van der Waals surface area (Å²) in [6, 6.07) is 9.79. The Morgan fingerprint density at radius 2 is 1.71 bits per heavy atom. The van der Waals surface area contributed by atoms with Gasteiger partial charge < -0.3 is 4.74 Å². The van der Waals surface area contributed by atoms with Crippen molar-refractivity contribution in [3.05, 3.63) is 41.5 Å². The second-order valence-electron chi connectivity index (χ2n) is 3.11. The van der Waals surface area contributed by atoms with Crippen LogP contribution in [0.3, 0.4) is 0 Å². The molecule has 0 aliphatic carbocycles. The lowest BCUT2D eigenvalue weighted by Gasteiger charge is -2.05. The number of benzene rings is 1. The first kappa shape index (κ1) is 10.5. The Morgan fingerprint density at radius 1 is 1.14 bits per heavy atom. The van der Waals surface area contributed by atoms with Crippen LogP contribution in [0.4, 0.5) is 0 Å². The molecule has 0 saturated carbocycles. The van der Waals surface area contributed by atoms with Crippen molar-refractivity contribution in [3.63, 3.8) is 0 Å². The lowest BCUT2D eigenvalue weighted by molar-refractivity contribution is -0.135. The molecule has 0 spiro atoms. The largest absolute Gasteiger partial charge is 0.466 e. The van der Waals surface area contributed by atoms with E-state index in [1.807, 2.05) is 37.3 Å². The molecule has 0 radical (unpaired) electrons. The maximum absolute atomic E-state index is 11.2. The molecule has 2 heteroatoms. The molecular weight excluding hydrogens is 176 g/mol. The van der Waals surface area contributed by atoms with Crippen molar-refractivity contribution in [1.82, 2.24) is 0 Å². The van der Waals surface area contributed by atoms with E-state index >= 15 is 0 Å². The average Bonchev–Trinajstić information content (AvgIpc) is 2.27. The Kier molecular flexibility index (Phi) is 3.46. The summed E-state index contributed by atoms with van der Waals surface area (Å²) >= 11 is 0. The Balaban J connectivity index is 3.05. The van der Waals surface area contributed by atoms with Gasteiger partial charge in [0.15, 0.2) is 0 Å². The minimum absolute atomic E-state index is 0.272. The SMILES string of the molecule is COC(=O)/C(C)=C(\C)c1ccccc1. The number of hydrogen-bond donors (Lipinski definition) is 0. The van der Waals surface area contributed by atoms with Gasteiger partial charge >= 0.3 is 5.97 Å². The van der Waals surface area contributed by atoms with Gasteiger partial charge in [-0.15, -0.1) is 0 Å². The third kappa shape index (κ3) is 2.22. The lowest BCUT2D eigenvalue weighted by Crippen LogP contribution is -2.03. The molecule has 74 valence electrons. The van der Waals surface area contributed by atoms with E-state index in [0.717, 1.165) is 11.1 Å². The molecule has 0 unspecified atom stereocenters. The van der Waals surface area contributed by atoms with Gasteiger partial charge in [0.1, 0.15) is 0 Å². The van der Waals surface area contributed by atoms with Crippen LogP contribution in [0.2, 0.25) is 0 Å². The minimum Gasteiger partial charge on any atom is -0.466 e. The molecule has 0 bridgehead atoms. The quantitative estimate of drug-likeness (QED) is 0.529. The fraction of sp³-hybridized carbons (Fsp3) is 0.250. The van der Waals surface area contributed by atoms with Gasteiger partial charge in [-0.25, -0.2) is 4.79 Å². The third-order valence-electron chi connectivity index (χ3n) is 2.26. The van der Waals surface area contributed by atoms with Crippen LogP contribution in [-0.2, 0) is 9.53 Å². The number of carbonyl (C=O) groups is 1. The number of methoxy groups -OCH3 is 1. The van der Waals surface area contributed by atoms with Crippen LogP contribution in [0.1, 0.15) is 19.4 Å². The third-order valence-corrected chi connectivity index (χ3v) is 2.26. The highest BCUT2D eigenvalue weighted by Crippen LogP contribution is 2.18. The molecule has 0 aromatic heterocycles. The molecule has 0 fully saturated rings. The van der Waals surface area contributed by atoms with Crippen molar-refractivity contribution in [1.29, 1.82) is 0 Å². The van der Waals surface area contributed by atoms with Crippen molar-refractivity contribution in [3.8, 4) is 0 Å². The zero-order chi connectivity index (χ0) is 10.6. The van der Waals surface area contributed by atoms with E-state index in [4.69, 9.17) is 0 Å². The zero-order valence-corrected chi connectivity index (χ0v) is 8.70. The van der Waals surface area contributed by atoms with Crippen LogP contribution in [-0.4, -0.2) is 13.1 Å². The van der Waals surface area contributed by atoms with E-state index in [1.54, 1.807) is 6.92 Å². The van der Waals surface area contributed by atoms with Gasteiger partial charge in [0.25, 0.3) is 0 Å². The fourth-order valence-corrected chi connectivity index (χ4v) is 1.21. The highest BCUT2D eigenvalue weighted by Gasteiger charge is 2.08. The van der Waals surface area contributed by atoms with Crippen LogP contribution in [0.25, 0.3) is 5.57 Å². The summed E-state index contributed by atoms with van der Waals surface area (Å²) in [5.41, 5.74) is 2.66. The normalized spacial score (nSPS) is 11.9. The molecule has 0 atom stereocenters. The molecule has 2 nitrogen and oxygen atoms in total. The number of rotatable bonds is 2. The lowest BCUT2D eigenvalue weighted by atomic mass is 10.0. The van der Waals surface area contributed by atoms with E-state index < -0.39 is 0 Å². The highest BCUT2D eigenvalue weighted by molar-refractivity contribution is 5.96. The van der Waals surface area contributed by atoms with Crippen molar-refractivity contribution in [2.45, 2.75) is 13.8 Å². The van der Waals surface area contributed by atoms with Crippen LogP contribution in [0.15, 0.2) is 35.9 Å². The summed E-state index contributed by atoms with van der Waals surface area (Å²) in [6.45, 7) is 3.69. The second-order valence-corrected chi connectivity index (χ2v) is 3.11. The predicted octanol–water partition coefficient (Wildman–Crippen LogP) is 2.65. The van der Waals surface area contributed by atoms with Crippen molar-refractivity contribution >= 4 is 11.5 Å². The van der Waals surface area contributed by atoms with Crippen LogP contribution in [0.5, 0.6) is 0 Å². The molecule has 14 heavy (non-hydrogen) atoms. The van der Waals surface area contributed by atoms with Gasteiger partial charge in [0.2, 0.25) is 0 Å². The molecule has 0 heterocycles. The topological polar surface area (TPSA) is 26.3 Å². The zero-order valence-electron chi connectivity index (χ0n) is 8.70. The molecule has 0 saturated heterocycles. The number of carbonyl (C=O) groups excluding carboxylic acids is 1. The fourth-order valence-electron chi connectivity index (χ4n) is 1.21. The van der Waals surface area contributed by atoms with E-state index in [-0.39, 0.29) is 5.97 Å².